The standard InChI is InChI=1S/C18H16N6O/c1-25-15-4-2-3-13(9-15)10-16-22-17(20)24-18(23-16)21-14-7-5-12(11-19)6-8-14/h2-9H,10H2,1H3,(H3,20,21,22,23,24). The summed E-state index contributed by atoms with van der Waals surface area (Å²) in [6.07, 6.45) is 0.506. The van der Waals surface area contributed by atoms with Gasteiger partial charge < -0.3 is 15.8 Å². The molecule has 0 amide bonds. The third-order valence-corrected chi connectivity index (χ3v) is 3.47. The van der Waals surface area contributed by atoms with Gasteiger partial charge in [0.25, 0.3) is 0 Å². The minimum atomic E-state index is 0.143. The van der Waals surface area contributed by atoms with Gasteiger partial charge in [-0.05, 0) is 42.0 Å². The highest BCUT2D eigenvalue weighted by atomic mass is 16.5. The third-order valence-electron chi connectivity index (χ3n) is 3.47. The number of ether oxygens (including phenoxy) is 1. The van der Waals surface area contributed by atoms with Crippen LogP contribution in [0.2, 0.25) is 0 Å². The van der Waals surface area contributed by atoms with Crippen LogP contribution in [0.1, 0.15) is 17.0 Å². The molecule has 0 unspecified atom stereocenters. The molecule has 1 aromatic heterocycles. The lowest BCUT2D eigenvalue weighted by atomic mass is 10.1. The number of nitrogens with two attached hydrogens (primary N) is 1. The first-order valence-electron chi connectivity index (χ1n) is 7.57. The van der Waals surface area contributed by atoms with Crippen molar-refractivity contribution < 1.29 is 4.74 Å². The molecule has 3 rings (SSSR count). The summed E-state index contributed by atoms with van der Waals surface area (Å²) in [5.41, 5.74) is 8.15. The molecule has 0 atom stereocenters. The molecule has 2 aromatic carbocycles. The fourth-order valence-corrected chi connectivity index (χ4v) is 2.30. The van der Waals surface area contributed by atoms with Gasteiger partial charge in [-0.1, -0.05) is 12.1 Å². The Morgan fingerprint density at radius 3 is 2.64 bits per heavy atom. The Labute approximate surface area is 145 Å². The summed E-state index contributed by atoms with van der Waals surface area (Å²) in [7, 11) is 1.62. The summed E-state index contributed by atoms with van der Waals surface area (Å²) in [5, 5.41) is 11.9. The molecule has 0 saturated carbocycles. The summed E-state index contributed by atoms with van der Waals surface area (Å²) >= 11 is 0. The van der Waals surface area contributed by atoms with E-state index in [-0.39, 0.29) is 5.95 Å². The Hall–Kier alpha value is -3.66. The van der Waals surface area contributed by atoms with Gasteiger partial charge in [0.2, 0.25) is 11.9 Å². The van der Waals surface area contributed by atoms with Crippen LogP contribution in [0, 0.1) is 11.3 Å². The van der Waals surface area contributed by atoms with E-state index in [4.69, 9.17) is 15.7 Å². The molecule has 0 aliphatic rings. The van der Waals surface area contributed by atoms with Gasteiger partial charge in [0.05, 0.1) is 18.7 Å². The van der Waals surface area contributed by atoms with E-state index >= 15 is 0 Å². The predicted octanol–water partition coefficient (Wildman–Crippen LogP) is 2.67. The fraction of sp³-hybridized carbons (Fsp3) is 0.111. The van der Waals surface area contributed by atoms with Crippen molar-refractivity contribution in [2.24, 2.45) is 0 Å². The van der Waals surface area contributed by atoms with Gasteiger partial charge in [-0.2, -0.15) is 20.2 Å². The highest BCUT2D eigenvalue weighted by Gasteiger charge is 2.07. The van der Waals surface area contributed by atoms with Crippen LogP contribution in [-0.4, -0.2) is 22.1 Å². The largest absolute Gasteiger partial charge is 0.497 e. The van der Waals surface area contributed by atoms with Gasteiger partial charge in [-0.15, -0.1) is 0 Å². The average Bonchev–Trinajstić information content (AvgIpc) is 2.62. The van der Waals surface area contributed by atoms with Gasteiger partial charge in [-0.3, -0.25) is 0 Å². The topological polar surface area (TPSA) is 110 Å². The summed E-state index contributed by atoms with van der Waals surface area (Å²) < 4.78 is 5.22. The van der Waals surface area contributed by atoms with E-state index in [1.54, 1.807) is 31.4 Å². The van der Waals surface area contributed by atoms with Crippen molar-refractivity contribution in [2.45, 2.75) is 6.42 Å². The number of benzene rings is 2. The van der Waals surface area contributed by atoms with Gasteiger partial charge in [0, 0.05) is 12.1 Å². The lowest BCUT2D eigenvalue weighted by Crippen LogP contribution is -2.07. The molecule has 25 heavy (non-hydrogen) atoms. The first kappa shape index (κ1) is 16.2. The fourth-order valence-electron chi connectivity index (χ4n) is 2.30. The van der Waals surface area contributed by atoms with E-state index < -0.39 is 0 Å². The second kappa shape index (κ2) is 7.27. The predicted molar refractivity (Wildman–Crippen MR) is 94.5 cm³/mol. The normalized spacial score (nSPS) is 10.1. The first-order chi connectivity index (χ1) is 12.2. The second-order valence-corrected chi connectivity index (χ2v) is 5.28. The molecular weight excluding hydrogens is 316 g/mol. The number of hydrogen-bond acceptors (Lipinski definition) is 7. The van der Waals surface area contributed by atoms with Crippen LogP contribution in [0.25, 0.3) is 0 Å². The summed E-state index contributed by atoms with van der Waals surface area (Å²) in [6, 6.07) is 16.7. The van der Waals surface area contributed by atoms with Crippen LogP contribution >= 0.6 is 0 Å². The van der Waals surface area contributed by atoms with Crippen LogP contribution in [-0.2, 0) is 6.42 Å². The van der Waals surface area contributed by atoms with Crippen LogP contribution in [0.5, 0.6) is 5.75 Å². The van der Waals surface area contributed by atoms with E-state index in [1.165, 1.54) is 0 Å². The van der Waals surface area contributed by atoms with Crippen molar-refractivity contribution in [2.75, 3.05) is 18.2 Å². The van der Waals surface area contributed by atoms with Crippen molar-refractivity contribution in [1.29, 1.82) is 5.26 Å². The second-order valence-electron chi connectivity index (χ2n) is 5.28. The Bertz CT molecular complexity index is 918. The van der Waals surface area contributed by atoms with E-state index in [9.17, 15) is 0 Å². The third kappa shape index (κ3) is 4.20. The maximum absolute atomic E-state index is 8.84. The van der Waals surface area contributed by atoms with Crippen molar-refractivity contribution in [1.82, 2.24) is 15.0 Å². The smallest absolute Gasteiger partial charge is 0.232 e. The molecule has 7 heteroatoms. The Balaban J connectivity index is 1.80. The quantitative estimate of drug-likeness (QED) is 0.739. The van der Waals surface area contributed by atoms with Gasteiger partial charge in [0.15, 0.2) is 0 Å². The number of hydrogen-bond donors (Lipinski definition) is 2. The van der Waals surface area contributed by atoms with Gasteiger partial charge in [0.1, 0.15) is 11.6 Å². The van der Waals surface area contributed by atoms with E-state index in [1.807, 2.05) is 24.3 Å². The van der Waals surface area contributed by atoms with Gasteiger partial charge >= 0.3 is 0 Å². The lowest BCUT2D eigenvalue weighted by Gasteiger charge is -2.08. The van der Waals surface area contributed by atoms with Crippen LogP contribution < -0.4 is 15.8 Å². The molecule has 1 heterocycles. The highest BCUT2D eigenvalue weighted by molar-refractivity contribution is 5.55. The van der Waals surface area contributed by atoms with Crippen molar-refractivity contribution in [3.63, 3.8) is 0 Å². The number of nitrogens with zero attached hydrogens (tertiary/aromatic N) is 4. The molecule has 7 nitrogen and oxygen atoms in total. The molecular formula is C18H16N6O. The molecule has 3 aromatic rings. The zero-order valence-corrected chi connectivity index (χ0v) is 13.6. The highest BCUT2D eigenvalue weighted by Crippen LogP contribution is 2.17. The first-order valence-corrected chi connectivity index (χ1v) is 7.57. The van der Waals surface area contributed by atoms with E-state index in [2.05, 4.69) is 26.3 Å². The zero-order chi connectivity index (χ0) is 17.6. The van der Waals surface area contributed by atoms with Crippen molar-refractivity contribution in [3.8, 4) is 11.8 Å². The molecule has 0 spiro atoms. The Morgan fingerprint density at radius 2 is 1.92 bits per heavy atom. The number of anilines is 3. The SMILES string of the molecule is COc1cccc(Cc2nc(N)nc(Nc3ccc(C#N)cc3)n2)c1. The summed E-state index contributed by atoms with van der Waals surface area (Å²) in [6.45, 7) is 0. The van der Waals surface area contributed by atoms with Crippen molar-refractivity contribution in [3.05, 3.63) is 65.5 Å². The number of methoxy groups -OCH3 is 1. The maximum Gasteiger partial charge on any atom is 0.232 e. The number of nitriles is 1. The molecule has 124 valence electrons. The molecule has 0 bridgehead atoms. The van der Waals surface area contributed by atoms with Crippen LogP contribution in [0.15, 0.2) is 48.5 Å². The van der Waals surface area contributed by atoms with Gasteiger partial charge in [-0.25, -0.2) is 0 Å². The molecule has 0 saturated heterocycles. The number of nitrogen functional groups attached to an aromatic ring is 1. The Kier molecular flexibility index (Phi) is 4.72. The molecule has 0 radical (unpaired) electrons. The summed E-state index contributed by atoms with van der Waals surface area (Å²) in [4.78, 5) is 12.7. The molecule has 0 aliphatic heterocycles. The van der Waals surface area contributed by atoms with Crippen LogP contribution in [0.4, 0.5) is 17.6 Å². The van der Waals surface area contributed by atoms with E-state index in [0.29, 0.717) is 23.8 Å². The van der Waals surface area contributed by atoms with Crippen LogP contribution in [0.3, 0.4) is 0 Å². The minimum absolute atomic E-state index is 0.143. The summed E-state index contributed by atoms with van der Waals surface area (Å²) in [5.74, 6) is 1.83. The monoisotopic (exact) mass is 332 g/mol. The lowest BCUT2D eigenvalue weighted by molar-refractivity contribution is 0.414. The average molecular weight is 332 g/mol. The minimum Gasteiger partial charge on any atom is -0.497 e. The maximum atomic E-state index is 8.84. The van der Waals surface area contributed by atoms with E-state index in [0.717, 1.165) is 17.0 Å². The molecule has 0 aliphatic carbocycles. The van der Waals surface area contributed by atoms with Crippen molar-refractivity contribution >= 4 is 17.6 Å². The number of rotatable bonds is 5. The molecule has 0 fully saturated rings. The number of nitrogens with one attached hydrogen (secondary N) is 1. The molecule has 3 N–H and O–H groups in total. The zero-order valence-electron chi connectivity index (χ0n) is 13.6. The number of aromatic nitrogens is 3. The Morgan fingerprint density at radius 1 is 1.12 bits per heavy atom.